The van der Waals surface area contributed by atoms with E-state index in [0.717, 1.165) is 17.4 Å². The van der Waals surface area contributed by atoms with Gasteiger partial charge in [-0.3, -0.25) is 0 Å². The molecule has 0 aliphatic carbocycles. The van der Waals surface area contributed by atoms with Crippen molar-refractivity contribution in [2.45, 2.75) is 60.0 Å². The van der Waals surface area contributed by atoms with Crippen LogP contribution in [0, 0.1) is 5.41 Å². The lowest BCUT2D eigenvalue weighted by Crippen LogP contribution is -2.40. The van der Waals surface area contributed by atoms with Crippen LogP contribution in [-0.4, -0.2) is 19.6 Å². The first-order valence-electron chi connectivity index (χ1n) is 7.94. The van der Waals surface area contributed by atoms with Gasteiger partial charge in [-0.15, -0.1) is 0 Å². The Morgan fingerprint density at radius 1 is 1.24 bits per heavy atom. The van der Waals surface area contributed by atoms with Crippen molar-refractivity contribution in [3.63, 3.8) is 0 Å². The molecule has 0 saturated carbocycles. The second kappa shape index (κ2) is 7.64. The maximum atomic E-state index is 3.62. The number of halogens is 1. The van der Waals surface area contributed by atoms with Crippen molar-refractivity contribution in [2.75, 3.05) is 18.5 Å². The number of benzene rings is 1. The van der Waals surface area contributed by atoms with E-state index in [0.29, 0.717) is 12.1 Å². The summed E-state index contributed by atoms with van der Waals surface area (Å²) in [6.07, 6.45) is 1.16. The highest BCUT2D eigenvalue weighted by atomic mass is 79.9. The minimum Gasteiger partial charge on any atom is -0.371 e. The number of nitrogens with zero attached hydrogens (tertiary/aromatic N) is 1. The molecule has 0 saturated heterocycles. The van der Waals surface area contributed by atoms with Crippen molar-refractivity contribution in [1.82, 2.24) is 5.32 Å². The predicted molar refractivity (Wildman–Crippen MR) is 98.2 cm³/mol. The van der Waals surface area contributed by atoms with Gasteiger partial charge in [-0.2, -0.15) is 0 Å². The van der Waals surface area contributed by atoms with Crippen LogP contribution in [0.1, 0.15) is 59.6 Å². The van der Waals surface area contributed by atoms with E-state index in [1.807, 2.05) is 0 Å². The highest BCUT2D eigenvalue weighted by molar-refractivity contribution is 9.10. The Kier molecular flexibility index (Phi) is 6.73. The molecule has 0 amide bonds. The summed E-state index contributed by atoms with van der Waals surface area (Å²) < 4.78 is 1.14. The number of hydrogen-bond donors (Lipinski definition) is 1. The molecular weight excluding hydrogens is 324 g/mol. The second-order valence-electron chi connectivity index (χ2n) is 7.03. The van der Waals surface area contributed by atoms with Crippen molar-refractivity contribution in [2.24, 2.45) is 5.41 Å². The van der Waals surface area contributed by atoms with Gasteiger partial charge in [-0.05, 0) is 49.9 Å². The van der Waals surface area contributed by atoms with Crippen molar-refractivity contribution in [3.8, 4) is 0 Å². The Bertz CT molecular complexity index is 451. The summed E-state index contributed by atoms with van der Waals surface area (Å²) in [5, 5.41) is 3.60. The highest BCUT2D eigenvalue weighted by Crippen LogP contribution is 2.34. The topological polar surface area (TPSA) is 15.3 Å². The molecule has 0 aliphatic heterocycles. The molecule has 0 spiro atoms. The lowest BCUT2D eigenvalue weighted by molar-refractivity contribution is 0.329. The fraction of sp³-hybridized carbons (Fsp3) is 0.667. The second-order valence-corrected chi connectivity index (χ2v) is 7.95. The van der Waals surface area contributed by atoms with Crippen molar-refractivity contribution >= 4 is 21.6 Å². The largest absolute Gasteiger partial charge is 0.371 e. The fourth-order valence-corrected chi connectivity index (χ4v) is 2.80. The van der Waals surface area contributed by atoms with Crippen LogP contribution in [0.15, 0.2) is 22.7 Å². The average molecular weight is 355 g/mol. The maximum absolute atomic E-state index is 3.62. The van der Waals surface area contributed by atoms with E-state index < -0.39 is 0 Å². The van der Waals surface area contributed by atoms with Gasteiger partial charge in [0.05, 0.1) is 0 Å². The molecule has 21 heavy (non-hydrogen) atoms. The minimum absolute atomic E-state index is 0.244. The summed E-state index contributed by atoms with van der Waals surface area (Å²) in [6, 6.07) is 7.44. The molecule has 2 nitrogen and oxygen atoms in total. The molecule has 1 rings (SSSR count). The maximum Gasteiger partial charge on any atom is 0.0425 e. The highest BCUT2D eigenvalue weighted by Gasteiger charge is 2.26. The minimum atomic E-state index is 0.244. The number of anilines is 1. The molecular formula is C18H31BrN2. The van der Waals surface area contributed by atoms with Crippen LogP contribution in [-0.2, 0) is 0 Å². The zero-order valence-corrected chi connectivity index (χ0v) is 16.2. The fourth-order valence-electron chi connectivity index (χ4n) is 2.45. The zero-order chi connectivity index (χ0) is 16.2. The van der Waals surface area contributed by atoms with Crippen molar-refractivity contribution in [1.29, 1.82) is 0 Å². The monoisotopic (exact) mass is 354 g/mol. The molecule has 120 valence electrons. The molecule has 0 fully saturated rings. The van der Waals surface area contributed by atoms with Gasteiger partial charge < -0.3 is 10.2 Å². The average Bonchev–Trinajstić information content (AvgIpc) is 2.41. The van der Waals surface area contributed by atoms with Crippen LogP contribution < -0.4 is 10.2 Å². The standard InChI is InChI=1S/C18H31BrN2/c1-8-11-20-13(2)16-10-9-15(19)12-17(16)21(7)14(3)18(4,5)6/h9-10,12-14,20H,8,11H2,1-7H3. The van der Waals surface area contributed by atoms with Crippen molar-refractivity contribution < 1.29 is 0 Å². The van der Waals surface area contributed by atoms with Gasteiger partial charge in [0.15, 0.2) is 0 Å². The Labute approximate surface area is 139 Å². The smallest absolute Gasteiger partial charge is 0.0425 e. The van der Waals surface area contributed by atoms with E-state index in [9.17, 15) is 0 Å². The summed E-state index contributed by atoms with van der Waals surface area (Å²) in [6.45, 7) is 14.7. The van der Waals surface area contributed by atoms with Gasteiger partial charge in [-0.1, -0.05) is 49.7 Å². The first-order chi connectivity index (χ1) is 9.68. The third-order valence-corrected chi connectivity index (χ3v) is 4.87. The van der Waals surface area contributed by atoms with Gasteiger partial charge in [0, 0.05) is 29.3 Å². The van der Waals surface area contributed by atoms with Crippen LogP contribution in [0.5, 0.6) is 0 Å². The van der Waals surface area contributed by atoms with E-state index in [1.165, 1.54) is 11.3 Å². The number of rotatable bonds is 6. The van der Waals surface area contributed by atoms with Gasteiger partial charge >= 0.3 is 0 Å². The van der Waals surface area contributed by atoms with Gasteiger partial charge in [0.2, 0.25) is 0 Å². The third kappa shape index (κ3) is 5.00. The molecule has 0 aliphatic rings. The van der Waals surface area contributed by atoms with Gasteiger partial charge in [0.1, 0.15) is 0 Å². The quantitative estimate of drug-likeness (QED) is 0.737. The van der Waals surface area contributed by atoms with Crippen LogP contribution in [0.4, 0.5) is 5.69 Å². The Hall–Kier alpha value is -0.540. The molecule has 0 radical (unpaired) electrons. The summed E-state index contributed by atoms with van der Waals surface area (Å²) in [7, 11) is 2.20. The summed E-state index contributed by atoms with van der Waals surface area (Å²) in [5.74, 6) is 0. The van der Waals surface area contributed by atoms with Crippen LogP contribution in [0.25, 0.3) is 0 Å². The van der Waals surface area contributed by atoms with Crippen LogP contribution >= 0.6 is 15.9 Å². The molecule has 2 unspecified atom stereocenters. The molecule has 0 aromatic heterocycles. The summed E-state index contributed by atoms with van der Waals surface area (Å²) in [5.41, 5.74) is 2.92. The lowest BCUT2D eigenvalue weighted by atomic mass is 9.86. The third-order valence-electron chi connectivity index (χ3n) is 4.37. The summed E-state index contributed by atoms with van der Waals surface area (Å²) in [4.78, 5) is 2.41. The summed E-state index contributed by atoms with van der Waals surface area (Å²) >= 11 is 3.62. The molecule has 3 heteroatoms. The SMILES string of the molecule is CCCNC(C)c1ccc(Br)cc1N(C)C(C)C(C)(C)C. The van der Waals surface area contributed by atoms with E-state index in [-0.39, 0.29) is 5.41 Å². The van der Waals surface area contributed by atoms with Gasteiger partial charge in [-0.25, -0.2) is 0 Å². The molecule has 1 N–H and O–H groups in total. The Morgan fingerprint density at radius 3 is 2.38 bits per heavy atom. The first kappa shape index (κ1) is 18.5. The van der Waals surface area contributed by atoms with E-state index in [4.69, 9.17) is 0 Å². The van der Waals surface area contributed by atoms with E-state index in [1.54, 1.807) is 0 Å². The predicted octanol–water partition coefficient (Wildman–Crippen LogP) is 5.38. The number of hydrogen-bond acceptors (Lipinski definition) is 2. The molecule has 2 atom stereocenters. The number of nitrogens with one attached hydrogen (secondary N) is 1. The molecule has 0 heterocycles. The molecule has 0 bridgehead atoms. The Balaban J connectivity index is 3.12. The van der Waals surface area contributed by atoms with Crippen molar-refractivity contribution in [3.05, 3.63) is 28.2 Å². The first-order valence-corrected chi connectivity index (χ1v) is 8.73. The molecule has 1 aromatic carbocycles. The molecule has 1 aromatic rings. The van der Waals surface area contributed by atoms with E-state index in [2.05, 4.69) is 92.9 Å². The lowest BCUT2D eigenvalue weighted by Gasteiger charge is -2.38. The zero-order valence-electron chi connectivity index (χ0n) is 14.6. The van der Waals surface area contributed by atoms with Crippen LogP contribution in [0.2, 0.25) is 0 Å². The normalized spacial score (nSPS) is 14.9. The van der Waals surface area contributed by atoms with E-state index >= 15 is 0 Å². The van der Waals surface area contributed by atoms with Gasteiger partial charge in [0.25, 0.3) is 0 Å². The Morgan fingerprint density at radius 2 is 1.86 bits per heavy atom. The van der Waals surface area contributed by atoms with Crippen LogP contribution in [0.3, 0.4) is 0 Å².